The van der Waals surface area contributed by atoms with Crippen LogP contribution in [0.25, 0.3) is 11.5 Å². The fraction of sp³-hybridized carbons (Fsp3) is 0.500. The highest BCUT2D eigenvalue weighted by atomic mass is 35.5. The summed E-state index contributed by atoms with van der Waals surface area (Å²) in [5.41, 5.74) is 1.03. The molecule has 3 rings (SSSR count). The van der Waals surface area contributed by atoms with E-state index in [0.717, 1.165) is 25.9 Å². The van der Waals surface area contributed by atoms with Crippen molar-refractivity contribution in [1.29, 1.82) is 0 Å². The first-order valence-electron chi connectivity index (χ1n) is 8.22. The molecule has 3 N–H and O–H groups in total. The SMILES string of the molecule is C[C@H](Nc1cc(-c2n[nH]c(=O)o2)ccc1S(C)(=O)=O)C1CCNCC1.Cl. The van der Waals surface area contributed by atoms with Crippen LogP contribution in [0.1, 0.15) is 19.8 Å². The summed E-state index contributed by atoms with van der Waals surface area (Å²) >= 11 is 0. The zero-order valence-electron chi connectivity index (χ0n) is 14.6. The zero-order valence-corrected chi connectivity index (χ0v) is 16.2. The molecule has 1 aromatic heterocycles. The van der Waals surface area contributed by atoms with Crippen LogP contribution < -0.4 is 16.4 Å². The zero-order chi connectivity index (χ0) is 18.0. The number of H-pyrrole nitrogens is 1. The number of nitrogens with zero attached hydrogens (tertiary/aromatic N) is 1. The predicted octanol–water partition coefficient (Wildman–Crippen LogP) is 1.66. The smallest absolute Gasteiger partial charge is 0.388 e. The summed E-state index contributed by atoms with van der Waals surface area (Å²) in [6.07, 6.45) is 3.25. The second-order valence-electron chi connectivity index (χ2n) is 6.42. The van der Waals surface area contributed by atoms with Crippen LogP contribution in [-0.2, 0) is 9.84 Å². The maximum atomic E-state index is 12.1. The molecule has 0 spiro atoms. The number of rotatable bonds is 5. The van der Waals surface area contributed by atoms with Gasteiger partial charge in [0.05, 0.1) is 10.6 Å². The number of hydrogen-bond acceptors (Lipinski definition) is 7. The second-order valence-corrected chi connectivity index (χ2v) is 8.41. The van der Waals surface area contributed by atoms with Crippen molar-refractivity contribution in [1.82, 2.24) is 15.5 Å². The molecule has 0 bridgehead atoms. The van der Waals surface area contributed by atoms with Crippen molar-refractivity contribution in [2.24, 2.45) is 5.92 Å². The molecule has 1 fully saturated rings. The maximum Gasteiger partial charge on any atom is 0.434 e. The van der Waals surface area contributed by atoms with E-state index in [2.05, 4.69) is 27.8 Å². The molecule has 8 nitrogen and oxygen atoms in total. The lowest BCUT2D eigenvalue weighted by atomic mass is 9.91. The van der Waals surface area contributed by atoms with Crippen LogP contribution in [-0.4, -0.2) is 44.0 Å². The largest absolute Gasteiger partial charge is 0.434 e. The summed E-state index contributed by atoms with van der Waals surface area (Å²) in [5.74, 6) is -0.0666. The van der Waals surface area contributed by atoms with Gasteiger partial charge in [0.15, 0.2) is 9.84 Å². The minimum Gasteiger partial charge on any atom is -0.388 e. The van der Waals surface area contributed by atoms with Crippen LogP contribution in [0.5, 0.6) is 0 Å². The van der Waals surface area contributed by atoms with E-state index in [4.69, 9.17) is 4.42 Å². The quantitative estimate of drug-likeness (QED) is 0.696. The standard InChI is InChI=1S/C16H22N4O4S.ClH/c1-10(11-5-7-17-8-6-11)18-13-9-12(15-19-20-16(21)24-15)3-4-14(13)25(2,22)23;/h3-4,9-11,17-18H,5-8H2,1-2H3,(H,20,21);1H/t10-;/m0./s1. The molecule has 2 heterocycles. The summed E-state index contributed by atoms with van der Waals surface area (Å²) in [7, 11) is -3.40. The van der Waals surface area contributed by atoms with Crippen molar-refractivity contribution in [3.63, 3.8) is 0 Å². The Bertz CT molecular complexity index is 903. The molecule has 1 aliphatic heterocycles. The van der Waals surface area contributed by atoms with E-state index < -0.39 is 15.6 Å². The van der Waals surface area contributed by atoms with Crippen LogP contribution >= 0.6 is 12.4 Å². The number of piperidine rings is 1. The highest BCUT2D eigenvalue weighted by Gasteiger charge is 2.23. The molecule has 0 saturated carbocycles. The number of nitrogens with one attached hydrogen (secondary N) is 3. The highest BCUT2D eigenvalue weighted by molar-refractivity contribution is 7.90. The fourth-order valence-electron chi connectivity index (χ4n) is 3.16. The van der Waals surface area contributed by atoms with Gasteiger partial charge in [-0.3, -0.25) is 0 Å². The second kappa shape index (κ2) is 8.24. The number of aromatic amines is 1. The fourth-order valence-corrected chi connectivity index (χ4v) is 3.99. The van der Waals surface area contributed by atoms with Crippen LogP contribution in [0.15, 0.2) is 32.3 Å². The van der Waals surface area contributed by atoms with Crippen molar-refractivity contribution in [3.05, 3.63) is 28.7 Å². The molecule has 0 radical (unpaired) electrons. The molecule has 1 aliphatic rings. The van der Waals surface area contributed by atoms with Gasteiger partial charge in [0, 0.05) is 17.9 Å². The summed E-state index contributed by atoms with van der Waals surface area (Å²) in [6.45, 7) is 3.99. The van der Waals surface area contributed by atoms with Crippen molar-refractivity contribution in [2.45, 2.75) is 30.7 Å². The van der Waals surface area contributed by atoms with Crippen molar-refractivity contribution >= 4 is 27.9 Å². The molecule has 144 valence electrons. The van der Waals surface area contributed by atoms with Crippen LogP contribution in [0.2, 0.25) is 0 Å². The molecule has 0 amide bonds. The Hall–Kier alpha value is -1.84. The van der Waals surface area contributed by atoms with E-state index in [9.17, 15) is 13.2 Å². The molecule has 0 aliphatic carbocycles. The third kappa shape index (κ3) is 4.66. The molecular weight excluding hydrogens is 380 g/mol. The molecule has 2 aromatic rings. The summed E-state index contributed by atoms with van der Waals surface area (Å²) in [5, 5.41) is 12.7. The first-order valence-corrected chi connectivity index (χ1v) is 10.1. The highest BCUT2D eigenvalue weighted by Crippen LogP contribution is 2.29. The van der Waals surface area contributed by atoms with Gasteiger partial charge in [0.2, 0.25) is 5.89 Å². The van der Waals surface area contributed by atoms with Gasteiger partial charge in [0.25, 0.3) is 0 Å². The van der Waals surface area contributed by atoms with E-state index in [1.54, 1.807) is 12.1 Å². The van der Waals surface area contributed by atoms with Gasteiger partial charge >= 0.3 is 5.76 Å². The van der Waals surface area contributed by atoms with Gasteiger partial charge in [0.1, 0.15) is 0 Å². The molecule has 26 heavy (non-hydrogen) atoms. The minimum absolute atomic E-state index is 0. The third-order valence-corrected chi connectivity index (χ3v) is 5.69. The van der Waals surface area contributed by atoms with Gasteiger partial charge < -0.3 is 15.1 Å². The average molecular weight is 403 g/mol. The van der Waals surface area contributed by atoms with E-state index in [1.165, 1.54) is 12.3 Å². The van der Waals surface area contributed by atoms with E-state index in [1.807, 2.05) is 0 Å². The van der Waals surface area contributed by atoms with Gasteiger partial charge in [-0.25, -0.2) is 18.3 Å². The van der Waals surface area contributed by atoms with E-state index in [-0.39, 0.29) is 29.2 Å². The van der Waals surface area contributed by atoms with E-state index >= 15 is 0 Å². The molecule has 1 aromatic carbocycles. The summed E-state index contributed by atoms with van der Waals surface area (Å²) in [4.78, 5) is 11.4. The Balaban J connectivity index is 0.00000243. The van der Waals surface area contributed by atoms with Crippen LogP contribution in [0.3, 0.4) is 0 Å². The molecular formula is C16H23ClN4O4S. The van der Waals surface area contributed by atoms with E-state index in [0.29, 0.717) is 17.2 Å². The maximum absolute atomic E-state index is 12.1. The normalized spacial score (nSPS) is 16.7. The Labute approximate surface area is 158 Å². The van der Waals surface area contributed by atoms with Gasteiger partial charge in [-0.1, -0.05) is 0 Å². The molecule has 10 heteroatoms. The molecule has 0 unspecified atom stereocenters. The topological polar surface area (TPSA) is 117 Å². The number of sulfone groups is 1. The lowest BCUT2D eigenvalue weighted by Crippen LogP contribution is -2.36. The number of hydrogen-bond donors (Lipinski definition) is 3. The third-order valence-electron chi connectivity index (χ3n) is 4.54. The Morgan fingerprint density at radius 1 is 1.31 bits per heavy atom. The first-order chi connectivity index (χ1) is 11.8. The number of anilines is 1. The lowest BCUT2D eigenvalue weighted by molar-refractivity contribution is 0.343. The average Bonchev–Trinajstić information content (AvgIpc) is 3.01. The first kappa shape index (κ1) is 20.5. The Kier molecular flexibility index (Phi) is 6.48. The van der Waals surface area contributed by atoms with Crippen LogP contribution in [0, 0.1) is 5.92 Å². The predicted molar refractivity (Wildman–Crippen MR) is 102 cm³/mol. The molecule has 1 atom stereocenters. The molecule has 1 saturated heterocycles. The van der Waals surface area contributed by atoms with Gasteiger partial charge in [-0.15, -0.1) is 17.5 Å². The van der Waals surface area contributed by atoms with Gasteiger partial charge in [-0.05, 0) is 57.0 Å². The summed E-state index contributed by atoms with van der Waals surface area (Å²) < 4.78 is 29.2. The monoisotopic (exact) mass is 402 g/mol. The Morgan fingerprint density at radius 3 is 2.58 bits per heavy atom. The van der Waals surface area contributed by atoms with Gasteiger partial charge in [-0.2, -0.15) is 0 Å². The number of halogens is 1. The lowest BCUT2D eigenvalue weighted by Gasteiger charge is -2.30. The Morgan fingerprint density at radius 2 is 2.00 bits per heavy atom. The summed E-state index contributed by atoms with van der Waals surface area (Å²) in [6, 6.07) is 4.86. The van der Waals surface area contributed by atoms with Crippen LogP contribution in [0.4, 0.5) is 5.69 Å². The van der Waals surface area contributed by atoms with Crippen molar-refractivity contribution < 1.29 is 12.8 Å². The van der Waals surface area contributed by atoms with Crippen molar-refractivity contribution in [2.75, 3.05) is 24.7 Å². The minimum atomic E-state index is -3.40. The number of aromatic nitrogens is 2. The number of benzene rings is 1. The van der Waals surface area contributed by atoms with Crippen molar-refractivity contribution in [3.8, 4) is 11.5 Å².